The fraction of sp³-hybridized carbons (Fsp3) is 0.133. The Kier molecular flexibility index (Phi) is 3.32. The highest BCUT2D eigenvalue weighted by atomic mass is 19.4. The van der Waals surface area contributed by atoms with Gasteiger partial charge in [0.1, 0.15) is 0 Å². The van der Waals surface area contributed by atoms with E-state index in [1.165, 1.54) is 28.9 Å². The van der Waals surface area contributed by atoms with Crippen LogP contribution in [-0.4, -0.2) is 25.7 Å². The molecule has 2 aromatic heterocycles. The second kappa shape index (κ2) is 5.08. The SMILES string of the molecule is Cc1c(C(=O)O)cnc2cc(-c3cccc(C(F)(F)F)c3)nn12. The molecule has 0 unspecified atom stereocenters. The van der Waals surface area contributed by atoms with Crippen molar-refractivity contribution in [1.82, 2.24) is 14.6 Å². The van der Waals surface area contributed by atoms with Gasteiger partial charge in [-0.3, -0.25) is 0 Å². The highest BCUT2D eigenvalue weighted by Crippen LogP contribution is 2.32. The van der Waals surface area contributed by atoms with Crippen LogP contribution in [0.5, 0.6) is 0 Å². The van der Waals surface area contributed by atoms with Crippen molar-refractivity contribution in [3.8, 4) is 11.3 Å². The molecule has 8 heteroatoms. The average molecular weight is 321 g/mol. The number of aromatic nitrogens is 3. The average Bonchev–Trinajstić information content (AvgIpc) is 2.91. The number of carbonyl (C=O) groups is 1. The fourth-order valence-corrected chi connectivity index (χ4v) is 2.25. The Morgan fingerprint density at radius 1 is 1.26 bits per heavy atom. The summed E-state index contributed by atoms with van der Waals surface area (Å²) in [6, 6.07) is 6.28. The van der Waals surface area contributed by atoms with Gasteiger partial charge < -0.3 is 5.11 Å². The Balaban J connectivity index is 2.15. The lowest BCUT2D eigenvalue weighted by Crippen LogP contribution is -2.07. The lowest BCUT2D eigenvalue weighted by Gasteiger charge is -2.07. The Hall–Kier alpha value is -2.90. The van der Waals surface area contributed by atoms with Gasteiger partial charge >= 0.3 is 12.1 Å². The number of alkyl halides is 3. The van der Waals surface area contributed by atoms with Gasteiger partial charge in [-0.1, -0.05) is 12.1 Å². The molecular formula is C15H10F3N3O2. The molecule has 0 aliphatic carbocycles. The van der Waals surface area contributed by atoms with E-state index in [4.69, 9.17) is 5.11 Å². The zero-order chi connectivity index (χ0) is 16.8. The molecule has 0 fully saturated rings. The summed E-state index contributed by atoms with van der Waals surface area (Å²) in [5.41, 5.74) is 0.482. The van der Waals surface area contributed by atoms with E-state index in [9.17, 15) is 18.0 Å². The molecule has 23 heavy (non-hydrogen) atoms. The first-order valence-electron chi connectivity index (χ1n) is 6.53. The highest BCUT2D eigenvalue weighted by molar-refractivity contribution is 5.88. The predicted molar refractivity (Wildman–Crippen MR) is 75.1 cm³/mol. The Morgan fingerprint density at radius 2 is 2.00 bits per heavy atom. The molecule has 0 aliphatic heterocycles. The van der Waals surface area contributed by atoms with Crippen molar-refractivity contribution >= 4 is 11.6 Å². The minimum atomic E-state index is -4.44. The topological polar surface area (TPSA) is 67.5 Å². The zero-order valence-corrected chi connectivity index (χ0v) is 11.8. The lowest BCUT2D eigenvalue weighted by molar-refractivity contribution is -0.137. The number of fused-ring (bicyclic) bond motifs is 1. The Morgan fingerprint density at radius 3 is 2.65 bits per heavy atom. The molecule has 1 N–H and O–H groups in total. The van der Waals surface area contributed by atoms with Gasteiger partial charge in [0, 0.05) is 17.8 Å². The van der Waals surface area contributed by atoms with Gasteiger partial charge in [0.05, 0.1) is 22.5 Å². The van der Waals surface area contributed by atoms with E-state index in [1.807, 2.05) is 0 Å². The number of hydrogen-bond donors (Lipinski definition) is 1. The molecule has 5 nitrogen and oxygen atoms in total. The quantitative estimate of drug-likeness (QED) is 0.785. The number of carboxylic acid groups (broad SMARTS) is 1. The van der Waals surface area contributed by atoms with Gasteiger partial charge in [0.25, 0.3) is 0 Å². The first-order valence-corrected chi connectivity index (χ1v) is 6.53. The van der Waals surface area contributed by atoms with Crippen molar-refractivity contribution < 1.29 is 23.1 Å². The summed E-state index contributed by atoms with van der Waals surface area (Å²) in [6.45, 7) is 1.56. The number of halogens is 3. The largest absolute Gasteiger partial charge is 0.478 e. The van der Waals surface area contributed by atoms with Gasteiger partial charge in [-0.2, -0.15) is 18.3 Å². The van der Waals surface area contributed by atoms with Crippen LogP contribution in [0.1, 0.15) is 21.6 Å². The van der Waals surface area contributed by atoms with Crippen LogP contribution in [-0.2, 0) is 6.18 Å². The standard InChI is InChI=1S/C15H10F3N3O2/c1-8-11(14(22)23)7-19-13-6-12(20-21(8)13)9-3-2-4-10(5-9)15(16,17)18/h2-7H,1H3,(H,22,23). The summed E-state index contributed by atoms with van der Waals surface area (Å²) >= 11 is 0. The van der Waals surface area contributed by atoms with Crippen LogP contribution in [0.25, 0.3) is 16.9 Å². The minimum Gasteiger partial charge on any atom is -0.478 e. The molecule has 3 aromatic rings. The molecule has 3 rings (SSSR count). The summed E-state index contributed by atoms with van der Waals surface area (Å²) in [7, 11) is 0. The van der Waals surface area contributed by atoms with Gasteiger partial charge in [-0.05, 0) is 19.1 Å². The predicted octanol–water partition coefficient (Wildman–Crippen LogP) is 3.42. The van der Waals surface area contributed by atoms with Crippen molar-refractivity contribution in [3.05, 3.63) is 53.3 Å². The van der Waals surface area contributed by atoms with Gasteiger partial charge in [-0.15, -0.1) is 0 Å². The molecule has 0 saturated heterocycles. The lowest BCUT2D eigenvalue weighted by atomic mass is 10.1. The van der Waals surface area contributed by atoms with E-state index in [2.05, 4.69) is 10.1 Å². The van der Waals surface area contributed by atoms with Crippen molar-refractivity contribution in [1.29, 1.82) is 0 Å². The molecule has 2 heterocycles. The van der Waals surface area contributed by atoms with E-state index in [0.29, 0.717) is 11.3 Å². The molecule has 0 spiro atoms. The van der Waals surface area contributed by atoms with Crippen LogP contribution in [0.2, 0.25) is 0 Å². The number of rotatable bonds is 2. The monoisotopic (exact) mass is 321 g/mol. The maximum absolute atomic E-state index is 12.8. The van der Waals surface area contributed by atoms with Gasteiger partial charge in [0.2, 0.25) is 0 Å². The smallest absolute Gasteiger partial charge is 0.416 e. The third kappa shape index (κ3) is 2.63. The molecule has 0 aliphatic rings. The number of carboxylic acids is 1. The maximum atomic E-state index is 12.8. The second-order valence-electron chi connectivity index (χ2n) is 4.94. The molecule has 118 valence electrons. The minimum absolute atomic E-state index is 0.0174. The van der Waals surface area contributed by atoms with E-state index in [1.54, 1.807) is 6.92 Å². The Bertz CT molecular complexity index is 916. The third-order valence-corrected chi connectivity index (χ3v) is 3.44. The third-order valence-electron chi connectivity index (χ3n) is 3.44. The second-order valence-corrected chi connectivity index (χ2v) is 4.94. The van der Waals surface area contributed by atoms with Crippen molar-refractivity contribution in [2.45, 2.75) is 13.1 Å². The molecular weight excluding hydrogens is 311 g/mol. The van der Waals surface area contributed by atoms with Crippen molar-refractivity contribution in [2.75, 3.05) is 0 Å². The normalized spacial score (nSPS) is 11.8. The van der Waals surface area contributed by atoms with E-state index >= 15 is 0 Å². The number of aryl methyl sites for hydroxylation is 1. The van der Waals surface area contributed by atoms with E-state index < -0.39 is 17.7 Å². The molecule has 0 bridgehead atoms. The van der Waals surface area contributed by atoms with Crippen LogP contribution in [0.3, 0.4) is 0 Å². The number of nitrogens with zero attached hydrogens (tertiary/aromatic N) is 3. The zero-order valence-electron chi connectivity index (χ0n) is 11.8. The van der Waals surface area contributed by atoms with Crippen LogP contribution < -0.4 is 0 Å². The van der Waals surface area contributed by atoms with Crippen LogP contribution in [0, 0.1) is 6.92 Å². The van der Waals surface area contributed by atoms with Crippen molar-refractivity contribution in [3.63, 3.8) is 0 Å². The molecule has 0 atom stereocenters. The summed E-state index contributed by atoms with van der Waals surface area (Å²) in [5, 5.41) is 13.2. The van der Waals surface area contributed by atoms with Crippen LogP contribution >= 0.6 is 0 Å². The van der Waals surface area contributed by atoms with Crippen LogP contribution in [0.15, 0.2) is 36.5 Å². The Labute approximate surface area is 128 Å². The molecule has 0 saturated carbocycles. The van der Waals surface area contributed by atoms with E-state index in [0.717, 1.165) is 12.1 Å². The summed E-state index contributed by atoms with van der Waals surface area (Å²) in [4.78, 5) is 15.1. The summed E-state index contributed by atoms with van der Waals surface area (Å²) in [6.07, 6.45) is -3.25. The van der Waals surface area contributed by atoms with Gasteiger partial charge in [0.15, 0.2) is 5.65 Å². The van der Waals surface area contributed by atoms with Crippen LogP contribution in [0.4, 0.5) is 13.2 Å². The first-order chi connectivity index (χ1) is 10.8. The molecule has 0 amide bonds. The number of aromatic carboxylic acids is 1. The first kappa shape index (κ1) is 15.0. The van der Waals surface area contributed by atoms with E-state index in [-0.39, 0.29) is 16.8 Å². The van der Waals surface area contributed by atoms with Crippen molar-refractivity contribution in [2.24, 2.45) is 0 Å². The number of hydrogen-bond acceptors (Lipinski definition) is 3. The molecule has 1 aromatic carbocycles. The maximum Gasteiger partial charge on any atom is 0.416 e. The highest BCUT2D eigenvalue weighted by Gasteiger charge is 2.30. The number of benzene rings is 1. The summed E-state index contributed by atoms with van der Waals surface area (Å²) < 4.78 is 39.7. The molecule has 0 radical (unpaired) electrons. The van der Waals surface area contributed by atoms with Gasteiger partial charge in [-0.25, -0.2) is 14.3 Å². The summed E-state index contributed by atoms with van der Waals surface area (Å²) in [5.74, 6) is -1.15. The fourth-order valence-electron chi connectivity index (χ4n) is 2.25.